The van der Waals surface area contributed by atoms with E-state index in [0.29, 0.717) is 15.8 Å². The lowest BCUT2D eigenvalue weighted by atomic mass is 10.2. The zero-order chi connectivity index (χ0) is 14.8. The van der Waals surface area contributed by atoms with Crippen molar-refractivity contribution in [1.82, 2.24) is 5.32 Å². The summed E-state index contributed by atoms with van der Waals surface area (Å²) < 4.78 is 11.9. The number of halogens is 1. The average Bonchev–Trinajstić information content (AvgIpc) is 2.93. The number of nitrogens with one attached hydrogen (secondary N) is 1. The summed E-state index contributed by atoms with van der Waals surface area (Å²) in [5.41, 5.74) is 0. The highest BCUT2D eigenvalue weighted by molar-refractivity contribution is 7.16. The Kier molecular flexibility index (Phi) is 4.03. The molecule has 2 atom stereocenters. The molecule has 1 aliphatic heterocycles. The lowest BCUT2D eigenvalue weighted by molar-refractivity contribution is -0.131. The molecule has 0 spiro atoms. The highest BCUT2D eigenvalue weighted by Gasteiger charge is 2.28. The second-order valence-corrected chi connectivity index (χ2v) is 6.48. The Morgan fingerprint density at radius 2 is 2.10 bits per heavy atom. The van der Waals surface area contributed by atoms with Crippen LogP contribution in [0, 0.1) is 0 Å². The Bertz CT molecular complexity index is 658. The van der Waals surface area contributed by atoms with Gasteiger partial charge in [0.2, 0.25) is 6.10 Å². The van der Waals surface area contributed by atoms with Crippen LogP contribution in [0.5, 0.6) is 11.5 Å². The molecule has 110 valence electrons. The Morgan fingerprint density at radius 1 is 1.33 bits per heavy atom. The van der Waals surface area contributed by atoms with Gasteiger partial charge in [0.25, 0.3) is 5.91 Å². The van der Waals surface area contributed by atoms with Crippen molar-refractivity contribution in [2.45, 2.75) is 19.1 Å². The maximum atomic E-state index is 12.3. The number of amides is 1. The maximum absolute atomic E-state index is 12.3. The molecule has 0 radical (unpaired) electrons. The Balaban J connectivity index is 1.64. The van der Waals surface area contributed by atoms with E-state index in [9.17, 15) is 4.79 Å². The number of carbonyl (C=O) groups excluding carboxylic acids is 1. The largest absolute Gasteiger partial charge is 0.485 e. The summed E-state index contributed by atoms with van der Waals surface area (Å²) in [6.07, 6.45) is -0.641. The third kappa shape index (κ3) is 3.14. The first-order valence-electron chi connectivity index (χ1n) is 6.57. The predicted molar refractivity (Wildman–Crippen MR) is 82.2 cm³/mol. The lowest BCUT2D eigenvalue weighted by Gasteiger charge is -2.26. The molecular formula is C15H14ClNO3S. The van der Waals surface area contributed by atoms with E-state index in [1.165, 1.54) is 11.3 Å². The van der Waals surface area contributed by atoms with E-state index >= 15 is 0 Å². The van der Waals surface area contributed by atoms with Crippen LogP contribution in [0.1, 0.15) is 17.8 Å². The highest BCUT2D eigenvalue weighted by Crippen LogP contribution is 2.31. The standard InChI is InChI=1S/C15H14ClNO3S/c1-9(13-6-7-14(16)21-13)17-15(18)12-8-19-10-4-2-3-5-11(10)20-12/h2-7,9,12H,8H2,1H3,(H,17,18)/t9-,12+/m1/s1. The number of hydrogen-bond acceptors (Lipinski definition) is 4. The van der Waals surface area contributed by atoms with Crippen molar-refractivity contribution in [2.75, 3.05) is 6.61 Å². The third-order valence-corrected chi connectivity index (χ3v) is 4.59. The molecule has 6 heteroatoms. The van der Waals surface area contributed by atoms with Crippen LogP contribution < -0.4 is 14.8 Å². The van der Waals surface area contributed by atoms with Crippen LogP contribution in [0.25, 0.3) is 0 Å². The molecule has 0 fully saturated rings. The minimum Gasteiger partial charge on any atom is -0.485 e. The molecule has 3 rings (SSSR count). The Labute approximate surface area is 131 Å². The van der Waals surface area contributed by atoms with Crippen LogP contribution in [0.3, 0.4) is 0 Å². The number of thiophene rings is 1. The normalized spacial score (nSPS) is 18.1. The van der Waals surface area contributed by atoms with Crippen molar-refractivity contribution in [3.8, 4) is 11.5 Å². The van der Waals surface area contributed by atoms with Gasteiger partial charge in [0.1, 0.15) is 6.61 Å². The van der Waals surface area contributed by atoms with Crippen molar-refractivity contribution >= 4 is 28.8 Å². The van der Waals surface area contributed by atoms with Gasteiger partial charge in [-0.3, -0.25) is 4.79 Å². The Hall–Kier alpha value is -1.72. The molecule has 0 aliphatic carbocycles. The Morgan fingerprint density at radius 3 is 2.81 bits per heavy atom. The number of fused-ring (bicyclic) bond motifs is 1. The van der Waals surface area contributed by atoms with Crippen molar-refractivity contribution in [3.63, 3.8) is 0 Å². The van der Waals surface area contributed by atoms with Crippen LogP contribution in [-0.2, 0) is 4.79 Å². The van der Waals surface area contributed by atoms with Crippen molar-refractivity contribution in [2.24, 2.45) is 0 Å². The molecule has 21 heavy (non-hydrogen) atoms. The van der Waals surface area contributed by atoms with Crippen LogP contribution in [0.15, 0.2) is 36.4 Å². The van der Waals surface area contributed by atoms with E-state index in [0.717, 1.165) is 4.88 Å². The van der Waals surface area contributed by atoms with Crippen LogP contribution in [-0.4, -0.2) is 18.6 Å². The summed E-state index contributed by atoms with van der Waals surface area (Å²) >= 11 is 7.36. The number of carbonyl (C=O) groups is 1. The number of benzene rings is 1. The van der Waals surface area contributed by atoms with Gasteiger partial charge in [-0.05, 0) is 31.2 Å². The number of ether oxygens (including phenoxy) is 2. The summed E-state index contributed by atoms with van der Waals surface area (Å²) in [7, 11) is 0. The molecule has 2 aromatic rings. The molecule has 2 heterocycles. The van der Waals surface area contributed by atoms with E-state index in [4.69, 9.17) is 21.1 Å². The lowest BCUT2D eigenvalue weighted by Crippen LogP contribution is -2.44. The molecule has 1 aromatic heterocycles. The monoisotopic (exact) mass is 323 g/mol. The van der Waals surface area contributed by atoms with E-state index < -0.39 is 6.10 Å². The number of para-hydroxylation sites is 2. The van der Waals surface area contributed by atoms with E-state index in [2.05, 4.69) is 5.32 Å². The zero-order valence-electron chi connectivity index (χ0n) is 11.3. The predicted octanol–water partition coefficient (Wildman–Crippen LogP) is 3.42. The average molecular weight is 324 g/mol. The van der Waals surface area contributed by atoms with Gasteiger partial charge in [-0.15, -0.1) is 11.3 Å². The molecule has 1 aromatic carbocycles. The van der Waals surface area contributed by atoms with Gasteiger partial charge in [0.05, 0.1) is 10.4 Å². The smallest absolute Gasteiger partial charge is 0.265 e. The fraction of sp³-hybridized carbons (Fsp3) is 0.267. The summed E-state index contributed by atoms with van der Waals surface area (Å²) in [4.78, 5) is 13.3. The van der Waals surface area contributed by atoms with Gasteiger partial charge >= 0.3 is 0 Å². The second kappa shape index (κ2) is 5.95. The van der Waals surface area contributed by atoms with Gasteiger partial charge in [0, 0.05) is 4.88 Å². The molecule has 0 bridgehead atoms. The zero-order valence-corrected chi connectivity index (χ0v) is 12.9. The molecule has 1 N–H and O–H groups in total. The van der Waals surface area contributed by atoms with Gasteiger partial charge < -0.3 is 14.8 Å². The molecule has 0 saturated heterocycles. The fourth-order valence-electron chi connectivity index (χ4n) is 2.09. The molecule has 0 unspecified atom stereocenters. The van der Waals surface area contributed by atoms with Crippen LogP contribution in [0.4, 0.5) is 0 Å². The molecule has 4 nitrogen and oxygen atoms in total. The van der Waals surface area contributed by atoms with E-state index in [1.807, 2.05) is 37.3 Å². The first-order valence-corrected chi connectivity index (χ1v) is 7.77. The van der Waals surface area contributed by atoms with Crippen LogP contribution >= 0.6 is 22.9 Å². The summed E-state index contributed by atoms with van der Waals surface area (Å²) in [5, 5.41) is 2.92. The summed E-state index contributed by atoms with van der Waals surface area (Å²) in [5.74, 6) is 1.07. The summed E-state index contributed by atoms with van der Waals surface area (Å²) in [6, 6.07) is 10.9. The molecular weight excluding hydrogens is 310 g/mol. The number of hydrogen-bond donors (Lipinski definition) is 1. The van der Waals surface area contributed by atoms with E-state index in [1.54, 1.807) is 6.07 Å². The topological polar surface area (TPSA) is 47.6 Å². The first-order chi connectivity index (χ1) is 10.1. The number of rotatable bonds is 3. The van der Waals surface area contributed by atoms with Crippen molar-refractivity contribution in [1.29, 1.82) is 0 Å². The molecule has 0 saturated carbocycles. The first kappa shape index (κ1) is 14.2. The second-order valence-electron chi connectivity index (χ2n) is 4.74. The quantitative estimate of drug-likeness (QED) is 0.941. The minimum absolute atomic E-state index is 0.115. The van der Waals surface area contributed by atoms with Gasteiger partial charge in [-0.25, -0.2) is 0 Å². The molecule has 1 aliphatic rings. The van der Waals surface area contributed by atoms with Gasteiger partial charge in [-0.2, -0.15) is 0 Å². The van der Waals surface area contributed by atoms with Gasteiger partial charge in [-0.1, -0.05) is 23.7 Å². The van der Waals surface area contributed by atoms with E-state index in [-0.39, 0.29) is 18.6 Å². The maximum Gasteiger partial charge on any atom is 0.265 e. The summed E-state index contributed by atoms with van der Waals surface area (Å²) in [6.45, 7) is 2.12. The van der Waals surface area contributed by atoms with Crippen LogP contribution in [0.2, 0.25) is 4.34 Å². The van der Waals surface area contributed by atoms with Crippen molar-refractivity contribution in [3.05, 3.63) is 45.6 Å². The SMILES string of the molecule is C[C@@H](NC(=O)[C@@H]1COc2ccccc2O1)c1ccc(Cl)s1. The highest BCUT2D eigenvalue weighted by atomic mass is 35.5. The minimum atomic E-state index is -0.641. The molecule has 1 amide bonds. The fourth-order valence-corrected chi connectivity index (χ4v) is 3.15. The third-order valence-electron chi connectivity index (χ3n) is 3.18. The van der Waals surface area contributed by atoms with Crippen molar-refractivity contribution < 1.29 is 14.3 Å². The van der Waals surface area contributed by atoms with Gasteiger partial charge in [0.15, 0.2) is 11.5 Å².